The Balaban J connectivity index is 1.90. The van der Waals surface area contributed by atoms with Crippen LogP contribution in [0.3, 0.4) is 0 Å². The number of pyridine rings is 1. The predicted octanol–water partition coefficient (Wildman–Crippen LogP) is 3.12. The zero-order valence-electron chi connectivity index (χ0n) is 13.4. The molecule has 0 fully saturated rings. The Labute approximate surface area is 154 Å². The molecule has 0 aliphatic heterocycles. The van der Waals surface area contributed by atoms with E-state index in [0.29, 0.717) is 5.69 Å². The molecule has 2 aromatic heterocycles. The number of rotatable bonds is 6. The number of hydrogen-bond acceptors (Lipinski definition) is 5. The van der Waals surface area contributed by atoms with E-state index >= 15 is 0 Å². The van der Waals surface area contributed by atoms with Crippen LogP contribution in [-0.2, 0) is 14.8 Å². The van der Waals surface area contributed by atoms with Gasteiger partial charge in [-0.3, -0.25) is 14.1 Å². The van der Waals surface area contributed by atoms with E-state index in [0.717, 1.165) is 27.8 Å². The van der Waals surface area contributed by atoms with E-state index in [2.05, 4.69) is 10.3 Å². The van der Waals surface area contributed by atoms with Crippen LogP contribution in [0.5, 0.6) is 0 Å². The number of nitrogens with zero attached hydrogens (tertiary/aromatic N) is 2. The van der Waals surface area contributed by atoms with Crippen molar-refractivity contribution in [2.45, 2.75) is 4.21 Å². The lowest BCUT2D eigenvalue weighted by Gasteiger charge is -2.23. The number of benzene rings is 1. The van der Waals surface area contributed by atoms with Crippen molar-refractivity contribution in [3.05, 3.63) is 72.1 Å². The second-order valence-electron chi connectivity index (χ2n) is 5.21. The zero-order chi connectivity index (χ0) is 18.6. The van der Waals surface area contributed by atoms with Crippen LogP contribution < -0.4 is 9.62 Å². The quantitative estimate of drug-likeness (QED) is 0.700. The van der Waals surface area contributed by atoms with Crippen LogP contribution in [0.15, 0.2) is 70.5 Å². The van der Waals surface area contributed by atoms with Gasteiger partial charge in [-0.25, -0.2) is 12.8 Å². The summed E-state index contributed by atoms with van der Waals surface area (Å²) in [5, 5.41) is 4.22. The van der Waals surface area contributed by atoms with Crippen molar-refractivity contribution in [3.63, 3.8) is 0 Å². The number of amides is 1. The summed E-state index contributed by atoms with van der Waals surface area (Å²) < 4.78 is 40.1. The van der Waals surface area contributed by atoms with Gasteiger partial charge in [0.05, 0.1) is 17.6 Å². The number of thiophene rings is 1. The molecule has 1 N–H and O–H groups in total. The molecule has 0 aliphatic carbocycles. The molecule has 1 aromatic carbocycles. The largest absolute Gasteiger partial charge is 0.323 e. The SMILES string of the molecule is O=C(CN(c1ccc(F)cc1)S(=O)(=O)c1cccs1)Nc1cccnc1. The first-order valence-electron chi connectivity index (χ1n) is 7.48. The summed E-state index contributed by atoms with van der Waals surface area (Å²) in [6.45, 7) is -0.458. The van der Waals surface area contributed by atoms with Crippen molar-refractivity contribution >= 4 is 38.6 Å². The smallest absolute Gasteiger partial charge is 0.274 e. The van der Waals surface area contributed by atoms with Gasteiger partial charge in [0.2, 0.25) is 5.91 Å². The van der Waals surface area contributed by atoms with E-state index in [-0.39, 0.29) is 9.90 Å². The maximum Gasteiger partial charge on any atom is 0.274 e. The summed E-state index contributed by atoms with van der Waals surface area (Å²) in [6.07, 6.45) is 3.01. The molecule has 0 atom stereocenters. The third kappa shape index (κ3) is 4.06. The van der Waals surface area contributed by atoms with E-state index in [4.69, 9.17) is 0 Å². The lowest BCUT2D eigenvalue weighted by molar-refractivity contribution is -0.114. The molecule has 3 aromatic rings. The summed E-state index contributed by atoms with van der Waals surface area (Å²) in [6, 6.07) is 11.3. The number of hydrogen-bond donors (Lipinski definition) is 1. The van der Waals surface area contributed by atoms with Crippen LogP contribution in [-0.4, -0.2) is 25.9 Å². The van der Waals surface area contributed by atoms with Crippen LogP contribution in [0.2, 0.25) is 0 Å². The molecule has 26 heavy (non-hydrogen) atoms. The van der Waals surface area contributed by atoms with Gasteiger partial charge in [0.1, 0.15) is 16.6 Å². The molecular formula is C17H14FN3O3S2. The first-order valence-corrected chi connectivity index (χ1v) is 9.80. The molecule has 2 heterocycles. The number of carbonyl (C=O) groups is 1. The molecule has 0 spiro atoms. The number of carbonyl (C=O) groups excluding carboxylic acids is 1. The van der Waals surface area contributed by atoms with Gasteiger partial charge < -0.3 is 5.32 Å². The Morgan fingerprint density at radius 2 is 1.92 bits per heavy atom. The van der Waals surface area contributed by atoms with Crippen molar-refractivity contribution in [2.24, 2.45) is 0 Å². The average Bonchev–Trinajstić information content (AvgIpc) is 3.17. The van der Waals surface area contributed by atoms with E-state index in [1.54, 1.807) is 29.8 Å². The second-order valence-corrected chi connectivity index (χ2v) is 8.25. The number of halogens is 1. The van der Waals surface area contributed by atoms with Gasteiger partial charge in [-0.15, -0.1) is 11.3 Å². The van der Waals surface area contributed by atoms with Gasteiger partial charge in [0, 0.05) is 6.20 Å². The average molecular weight is 391 g/mol. The molecule has 3 rings (SSSR count). The van der Waals surface area contributed by atoms with Crippen molar-refractivity contribution in [3.8, 4) is 0 Å². The predicted molar refractivity (Wildman–Crippen MR) is 98.1 cm³/mol. The molecule has 0 unspecified atom stereocenters. The first-order chi connectivity index (χ1) is 12.5. The van der Waals surface area contributed by atoms with Crippen LogP contribution in [0, 0.1) is 5.82 Å². The second kappa shape index (κ2) is 7.63. The fourth-order valence-electron chi connectivity index (χ4n) is 2.21. The van der Waals surface area contributed by atoms with Gasteiger partial charge >= 0.3 is 0 Å². The highest BCUT2D eigenvalue weighted by atomic mass is 32.2. The summed E-state index contributed by atoms with van der Waals surface area (Å²) in [4.78, 5) is 16.3. The minimum atomic E-state index is -3.96. The van der Waals surface area contributed by atoms with Gasteiger partial charge in [-0.2, -0.15) is 0 Å². The molecule has 0 saturated carbocycles. The maximum absolute atomic E-state index is 13.2. The molecule has 0 radical (unpaired) electrons. The first kappa shape index (κ1) is 18.0. The summed E-state index contributed by atoms with van der Waals surface area (Å²) >= 11 is 1.04. The van der Waals surface area contributed by atoms with Crippen LogP contribution in [0.1, 0.15) is 0 Å². The number of anilines is 2. The summed E-state index contributed by atoms with van der Waals surface area (Å²) in [7, 11) is -3.96. The molecular weight excluding hydrogens is 377 g/mol. The van der Waals surface area contributed by atoms with Crippen molar-refractivity contribution in [1.29, 1.82) is 0 Å². The number of nitrogens with one attached hydrogen (secondary N) is 1. The van der Waals surface area contributed by atoms with E-state index in [9.17, 15) is 17.6 Å². The van der Waals surface area contributed by atoms with E-state index in [1.165, 1.54) is 24.4 Å². The minimum absolute atomic E-state index is 0.0935. The van der Waals surface area contributed by atoms with Crippen LogP contribution in [0.4, 0.5) is 15.8 Å². The molecule has 134 valence electrons. The molecule has 9 heteroatoms. The molecule has 6 nitrogen and oxygen atoms in total. The van der Waals surface area contributed by atoms with E-state index in [1.807, 2.05) is 0 Å². The van der Waals surface area contributed by atoms with Gasteiger partial charge in [0.25, 0.3) is 10.0 Å². The summed E-state index contributed by atoms with van der Waals surface area (Å²) in [5.41, 5.74) is 0.645. The number of aromatic nitrogens is 1. The van der Waals surface area contributed by atoms with Crippen molar-refractivity contribution in [2.75, 3.05) is 16.2 Å². The topological polar surface area (TPSA) is 79.4 Å². The Kier molecular flexibility index (Phi) is 5.29. The van der Waals surface area contributed by atoms with Gasteiger partial charge in [-0.1, -0.05) is 6.07 Å². The van der Waals surface area contributed by atoms with Crippen molar-refractivity contribution in [1.82, 2.24) is 4.98 Å². The normalized spacial score (nSPS) is 11.1. The highest BCUT2D eigenvalue weighted by Crippen LogP contribution is 2.26. The monoisotopic (exact) mass is 391 g/mol. The third-order valence-corrected chi connectivity index (χ3v) is 6.53. The Bertz CT molecular complexity index is 976. The standard InChI is InChI=1S/C17H14FN3O3S2/c18-13-5-7-15(8-6-13)21(26(23,24)17-4-2-10-25-17)12-16(22)20-14-3-1-9-19-11-14/h1-11H,12H2,(H,20,22). The minimum Gasteiger partial charge on any atom is -0.323 e. The Morgan fingerprint density at radius 1 is 1.15 bits per heavy atom. The molecule has 0 saturated heterocycles. The molecule has 0 bridgehead atoms. The van der Waals surface area contributed by atoms with Crippen LogP contribution in [0.25, 0.3) is 0 Å². The molecule has 1 amide bonds. The Morgan fingerprint density at radius 3 is 2.54 bits per heavy atom. The Hall–Kier alpha value is -2.78. The highest BCUT2D eigenvalue weighted by molar-refractivity contribution is 7.94. The van der Waals surface area contributed by atoms with Gasteiger partial charge in [0.15, 0.2) is 0 Å². The fourth-order valence-corrected chi connectivity index (χ4v) is 4.73. The van der Waals surface area contributed by atoms with E-state index < -0.39 is 28.3 Å². The lowest BCUT2D eigenvalue weighted by atomic mass is 10.3. The zero-order valence-corrected chi connectivity index (χ0v) is 15.0. The van der Waals surface area contributed by atoms with Gasteiger partial charge in [-0.05, 0) is 47.8 Å². The molecule has 0 aliphatic rings. The highest BCUT2D eigenvalue weighted by Gasteiger charge is 2.28. The number of sulfonamides is 1. The fraction of sp³-hybridized carbons (Fsp3) is 0.0588. The van der Waals surface area contributed by atoms with Crippen LogP contribution >= 0.6 is 11.3 Å². The summed E-state index contributed by atoms with van der Waals surface area (Å²) in [5.74, 6) is -1.04. The lowest BCUT2D eigenvalue weighted by Crippen LogP contribution is -2.37. The maximum atomic E-state index is 13.2. The van der Waals surface area contributed by atoms with Crippen molar-refractivity contribution < 1.29 is 17.6 Å². The third-order valence-electron chi connectivity index (χ3n) is 3.39.